The minimum absolute atomic E-state index is 0.0323. The normalized spacial score (nSPS) is 22.1. The number of hydrogen-bond donors (Lipinski definition) is 0. The van der Waals surface area contributed by atoms with Crippen LogP contribution in [0.4, 0.5) is 4.39 Å². The van der Waals surface area contributed by atoms with Gasteiger partial charge in [0.2, 0.25) is 5.91 Å². The first kappa shape index (κ1) is 18.6. The molecule has 1 aromatic heterocycles. The summed E-state index contributed by atoms with van der Waals surface area (Å²) in [4.78, 5) is 33.8. The first-order chi connectivity index (χ1) is 13.6. The number of carbonyl (C=O) groups is 2. The fourth-order valence-electron chi connectivity index (χ4n) is 4.53. The maximum atomic E-state index is 13.5. The van der Waals surface area contributed by atoms with Gasteiger partial charge in [-0.05, 0) is 43.7 Å². The Kier molecular flexibility index (Phi) is 5.11. The molecule has 2 aliphatic heterocycles. The molecule has 1 aromatic carbocycles. The van der Waals surface area contributed by atoms with Crippen molar-refractivity contribution in [3.63, 3.8) is 0 Å². The molecule has 2 saturated heterocycles. The van der Waals surface area contributed by atoms with E-state index in [9.17, 15) is 14.0 Å². The fraction of sp³-hybridized carbons (Fsp3) is 0.409. The van der Waals surface area contributed by atoms with Crippen LogP contribution >= 0.6 is 0 Å². The lowest BCUT2D eigenvalue weighted by Gasteiger charge is -2.44. The number of nitrogens with zero attached hydrogens (tertiary/aromatic N) is 3. The largest absolute Gasteiger partial charge is 0.340 e. The van der Waals surface area contributed by atoms with Crippen molar-refractivity contribution >= 4 is 11.8 Å². The minimum Gasteiger partial charge on any atom is -0.340 e. The summed E-state index contributed by atoms with van der Waals surface area (Å²) in [5.74, 6) is -0.814. The number of likely N-dealkylation sites (tertiary alicyclic amines) is 2. The second-order valence-corrected chi connectivity index (χ2v) is 7.62. The standard InChI is InChI=1S/C22H24FN3O2/c23-19-14-18(15-24-16-19)20(27)26-12-5-10-22(26)9-4-11-25(21(22)28)13-8-17-6-2-1-3-7-17/h1-3,6-7,14-16H,4-5,8-13H2. The van der Waals surface area contributed by atoms with E-state index in [1.54, 1.807) is 4.90 Å². The lowest BCUT2D eigenvalue weighted by molar-refractivity contribution is -0.145. The van der Waals surface area contributed by atoms with Gasteiger partial charge in [0.1, 0.15) is 11.4 Å². The highest BCUT2D eigenvalue weighted by Gasteiger charge is 2.52. The second-order valence-electron chi connectivity index (χ2n) is 7.62. The van der Waals surface area contributed by atoms with Crippen molar-refractivity contribution in [2.24, 2.45) is 0 Å². The van der Waals surface area contributed by atoms with E-state index < -0.39 is 11.4 Å². The molecule has 1 unspecified atom stereocenters. The summed E-state index contributed by atoms with van der Waals surface area (Å²) in [6.45, 7) is 1.89. The molecule has 0 saturated carbocycles. The topological polar surface area (TPSA) is 53.5 Å². The first-order valence-corrected chi connectivity index (χ1v) is 9.86. The number of benzene rings is 1. The van der Waals surface area contributed by atoms with Gasteiger partial charge in [-0.25, -0.2) is 4.39 Å². The highest BCUT2D eigenvalue weighted by atomic mass is 19.1. The van der Waals surface area contributed by atoms with E-state index in [4.69, 9.17) is 0 Å². The van der Waals surface area contributed by atoms with Crippen LogP contribution in [0.5, 0.6) is 0 Å². The molecule has 1 atom stereocenters. The molecule has 0 bridgehead atoms. The van der Waals surface area contributed by atoms with Gasteiger partial charge in [-0.2, -0.15) is 0 Å². The van der Waals surface area contributed by atoms with Crippen LogP contribution in [0.25, 0.3) is 0 Å². The van der Waals surface area contributed by atoms with Crippen molar-refractivity contribution in [1.82, 2.24) is 14.8 Å². The summed E-state index contributed by atoms with van der Waals surface area (Å²) >= 11 is 0. The van der Waals surface area contributed by atoms with Gasteiger partial charge in [-0.1, -0.05) is 30.3 Å². The Balaban J connectivity index is 1.53. The molecule has 6 heteroatoms. The van der Waals surface area contributed by atoms with Gasteiger partial charge in [-0.3, -0.25) is 14.6 Å². The lowest BCUT2D eigenvalue weighted by Crippen LogP contribution is -2.61. The number of halogens is 1. The zero-order valence-electron chi connectivity index (χ0n) is 15.8. The maximum absolute atomic E-state index is 13.5. The Hall–Kier alpha value is -2.76. The summed E-state index contributed by atoms with van der Waals surface area (Å²) in [6.07, 6.45) is 6.23. The number of rotatable bonds is 4. The molecule has 2 aromatic rings. The Morgan fingerprint density at radius 2 is 1.86 bits per heavy atom. The van der Waals surface area contributed by atoms with Gasteiger partial charge < -0.3 is 9.80 Å². The van der Waals surface area contributed by atoms with Crippen LogP contribution in [0.1, 0.15) is 41.6 Å². The summed E-state index contributed by atoms with van der Waals surface area (Å²) in [6, 6.07) is 11.3. The van der Waals surface area contributed by atoms with Crippen LogP contribution in [0.3, 0.4) is 0 Å². The molecule has 146 valence electrons. The van der Waals surface area contributed by atoms with Crippen molar-refractivity contribution in [3.8, 4) is 0 Å². The Labute approximate surface area is 164 Å². The SMILES string of the molecule is O=C(c1cncc(F)c1)N1CCCC12CCCN(CCc1ccccc1)C2=O. The zero-order valence-corrected chi connectivity index (χ0v) is 15.8. The molecule has 1 spiro atoms. The molecule has 0 N–H and O–H groups in total. The van der Waals surface area contributed by atoms with Gasteiger partial charge in [0.25, 0.3) is 5.91 Å². The number of hydrogen-bond acceptors (Lipinski definition) is 3. The van der Waals surface area contributed by atoms with Gasteiger partial charge in [0, 0.05) is 25.8 Å². The van der Waals surface area contributed by atoms with E-state index in [0.717, 1.165) is 32.0 Å². The van der Waals surface area contributed by atoms with Gasteiger partial charge in [0.15, 0.2) is 0 Å². The van der Waals surface area contributed by atoms with E-state index in [1.165, 1.54) is 17.8 Å². The van der Waals surface area contributed by atoms with Crippen molar-refractivity contribution in [1.29, 1.82) is 0 Å². The van der Waals surface area contributed by atoms with E-state index in [-0.39, 0.29) is 17.4 Å². The second kappa shape index (κ2) is 7.70. The average Bonchev–Trinajstić information content (AvgIpc) is 3.14. The van der Waals surface area contributed by atoms with E-state index in [0.29, 0.717) is 25.9 Å². The monoisotopic (exact) mass is 381 g/mol. The summed E-state index contributed by atoms with van der Waals surface area (Å²) in [7, 11) is 0. The van der Waals surface area contributed by atoms with E-state index in [1.807, 2.05) is 23.1 Å². The van der Waals surface area contributed by atoms with Crippen molar-refractivity contribution in [2.45, 2.75) is 37.6 Å². The number of carbonyl (C=O) groups excluding carboxylic acids is 2. The van der Waals surface area contributed by atoms with Crippen LogP contribution in [0, 0.1) is 5.82 Å². The van der Waals surface area contributed by atoms with Crippen LogP contribution in [-0.4, -0.2) is 51.8 Å². The molecule has 0 radical (unpaired) electrons. The molecule has 5 nitrogen and oxygen atoms in total. The molecule has 4 rings (SSSR count). The number of piperidine rings is 1. The third-order valence-corrected chi connectivity index (χ3v) is 5.90. The van der Waals surface area contributed by atoms with Gasteiger partial charge >= 0.3 is 0 Å². The van der Waals surface area contributed by atoms with Crippen molar-refractivity contribution < 1.29 is 14.0 Å². The predicted molar refractivity (Wildman–Crippen MR) is 103 cm³/mol. The quantitative estimate of drug-likeness (QED) is 0.818. The summed E-state index contributed by atoms with van der Waals surface area (Å²) in [5.41, 5.74) is 0.605. The van der Waals surface area contributed by atoms with E-state index in [2.05, 4.69) is 17.1 Å². The first-order valence-electron chi connectivity index (χ1n) is 9.86. The Bertz CT molecular complexity index is 873. The summed E-state index contributed by atoms with van der Waals surface area (Å²) < 4.78 is 13.5. The third kappa shape index (κ3) is 3.39. The van der Waals surface area contributed by atoms with Crippen LogP contribution in [0.2, 0.25) is 0 Å². The number of amides is 2. The molecule has 3 heterocycles. The van der Waals surface area contributed by atoms with Gasteiger partial charge in [0.05, 0.1) is 11.8 Å². The lowest BCUT2D eigenvalue weighted by atomic mass is 9.85. The van der Waals surface area contributed by atoms with Crippen LogP contribution in [-0.2, 0) is 11.2 Å². The highest BCUT2D eigenvalue weighted by molar-refractivity contribution is 5.99. The number of pyridine rings is 1. The fourth-order valence-corrected chi connectivity index (χ4v) is 4.53. The molecular weight excluding hydrogens is 357 g/mol. The predicted octanol–water partition coefficient (Wildman–Crippen LogP) is 3.06. The van der Waals surface area contributed by atoms with Crippen LogP contribution in [0.15, 0.2) is 48.8 Å². The Morgan fingerprint density at radius 3 is 2.61 bits per heavy atom. The third-order valence-electron chi connectivity index (χ3n) is 5.90. The Morgan fingerprint density at radius 1 is 1.11 bits per heavy atom. The smallest absolute Gasteiger partial charge is 0.256 e. The molecular formula is C22H24FN3O2. The van der Waals surface area contributed by atoms with Crippen LogP contribution < -0.4 is 0 Å². The molecule has 0 aliphatic carbocycles. The zero-order chi connectivity index (χ0) is 19.6. The summed E-state index contributed by atoms with van der Waals surface area (Å²) in [5, 5.41) is 0. The highest BCUT2D eigenvalue weighted by Crippen LogP contribution is 2.39. The minimum atomic E-state index is -0.793. The average molecular weight is 381 g/mol. The number of aromatic nitrogens is 1. The van der Waals surface area contributed by atoms with Gasteiger partial charge in [-0.15, -0.1) is 0 Å². The molecule has 2 fully saturated rings. The van der Waals surface area contributed by atoms with Crippen molar-refractivity contribution in [2.75, 3.05) is 19.6 Å². The molecule has 28 heavy (non-hydrogen) atoms. The van der Waals surface area contributed by atoms with Crippen molar-refractivity contribution in [3.05, 3.63) is 65.7 Å². The van der Waals surface area contributed by atoms with E-state index >= 15 is 0 Å². The maximum Gasteiger partial charge on any atom is 0.256 e. The molecule has 2 aliphatic rings. The molecule has 2 amide bonds.